The lowest BCUT2D eigenvalue weighted by Crippen LogP contribution is -2.26. The molecule has 2 unspecified atom stereocenters. The van der Waals surface area contributed by atoms with Crippen molar-refractivity contribution in [3.8, 4) is 5.75 Å². The molecule has 2 atom stereocenters. The smallest absolute Gasteiger partial charge is 0.188 e. The molecule has 0 aromatic heterocycles. The van der Waals surface area contributed by atoms with Crippen LogP contribution in [0.1, 0.15) is 91.1 Å². The summed E-state index contributed by atoms with van der Waals surface area (Å²) in [6, 6.07) is 34.2. The van der Waals surface area contributed by atoms with E-state index >= 15 is 0 Å². The highest BCUT2D eigenvalue weighted by Gasteiger charge is 2.35. The molecule has 0 aliphatic heterocycles. The van der Waals surface area contributed by atoms with E-state index in [0.717, 1.165) is 55.1 Å². The number of unbranched alkanes of at least 4 members (excludes halogenated alkanes) is 2. The molecule has 0 N–H and O–H groups in total. The highest BCUT2D eigenvalue weighted by molar-refractivity contribution is 7.48. The molecule has 4 aromatic carbocycles. The fourth-order valence-electron chi connectivity index (χ4n) is 5.83. The van der Waals surface area contributed by atoms with Crippen LogP contribution in [0.4, 0.5) is 0 Å². The second-order valence-corrected chi connectivity index (χ2v) is 12.9. The van der Waals surface area contributed by atoms with Gasteiger partial charge in [-0.1, -0.05) is 139 Å². The summed E-state index contributed by atoms with van der Waals surface area (Å²) in [7, 11) is 2.11. The van der Waals surface area contributed by atoms with Gasteiger partial charge in [-0.05, 0) is 53.7 Å². The first-order chi connectivity index (χ1) is 20.5. The molecule has 0 fully saturated rings. The minimum Gasteiger partial charge on any atom is -0.467 e. The van der Waals surface area contributed by atoms with Gasteiger partial charge in [-0.2, -0.15) is 0 Å². The van der Waals surface area contributed by atoms with Crippen molar-refractivity contribution in [2.45, 2.75) is 70.9 Å². The predicted molar refractivity (Wildman–Crippen MR) is 178 cm³/mol. The highest BCUT2D eigenvalue weighted by atomic mass is 31.1. The molecule has 0 heterocycles. The summed E-state index contributed by atoms with van der Waals surface area (Å²) in [5.74, 6) is 1.05. The maximum atomic E-state index is 12.7. The van der Waals surface area contributed by atoms with Gasteiger partial charge in [0.15, 0.2) is 12.6 Å². The second kappa shape index (κ2) is 15.8. The van der Waals surface area contributed by atoms with Gasteiger partial charge in [0.25, 0.3) is 0 Å². The molecular formula is C38H45O3P. The number of ketones is 1. The Hall–Kier alpha value is -3.26. The van der Waals surface area contributed by atoms with Crippen LogP contribution in [-0.2, 0) is 22.7 Å². The molecule has 0 aliphatic carbocycles. The Labute approximate surface area is 254 Å². The molecule has 0 spiro atoms. The molecule has 3 nitrogen and oxygen atoms in total. The standard InChI is InChI=1S/C38H45O3P/c1-5-7-16-23-38(6-2,42-36-22-15-14-21-34(36)29(3)39)35-27-32(24-30-17-10-8-11-18-30)26-33(37(35)41-28-40-4)25-31-19-12-9-13-20-31/h8-15,17-22,26-27,42H,5-7,16,23-25,28H2,1-4H3. The third kappa shape index (κ3) is 8.18. The third-order valence-electron chi connectivity index (χ3n) is 8.04. The summed E-state index contributed by atoms with van der Waals surface area (Å²) in [5.41, 5.74) is 7.07. The van der Waals surface area contributed by atoms with E-state index in [0.29, 0.717) is 8.58 Å². The SMILES string of the molecule is CCCCCC(CC)(Pc1ccccc1C(C)=O)c1cc(Cc2ccccc2)cc(Cc2ccccc2)c1OCOC. The van der Waals surface area contributed by atoms with Gasteiger partial charge in [-0.3, -0.25) is 4.79 Å². The number of ether oxygens (including phenoxy) is 2. The van der Waals surface area contributed by atoms with Crippen molar-refractivity contribution in [1.82, 2.24) is 0 Å². The first-order valence-electron chi connectivity index (χ1n) is 15.2. The second-order valence-electron chi connectivity index (χ2n) is 11.1. The minimum atomic E-state index is -0.179. The quantitative estimate of drug-likeness (QED) is 0.0574. The number of hydrogen-bond acceptors (Lipinski definition) is 3. The first kappa shape index (κ1) is 31.7. The Bertz CT molecular complexity index is 1420. The Morgan fingerprint density at radius 3 is 2.05 bits per heavy atom. The number of benzene rings is 4. The van der Waals surface area contributed by atoms with E-state index in [1.807, 2.05) is 12.1 Å². The number of carbonyl (C=O) groups is 1. The van der Waals surface area contributed by atoms with E-state index in [-0.39, 0.29) is 17.7 Å². The molecule has 0 saturated heterocycles. The van der Waals surface area contributed by atoms with Crippen LogP contribution in [0.2, 0.25) is 0 Å². The maximum absolute atomic E-state index is 12.7. The van der Waals surface area contributed by atoms with Crippen LogP contribution in [-0.4, -0.2) is 19.7 Å². The number of carbonyl (C=O) groups excluding carboxylic acids is 1. The minimum absolute atomic E-state index is 0.120. The molecule has 4 heteroatoms. The van der Waals surface area contributed by atoms with Crippen LogP contribution in [0.25, 0.3) is 0 Å². The summed E-state index contributed by atoms with van der Waals surface area (Å²) in [6.45, 7) is 6.43. The fourth-order valence-corrected chi connectivity index (χ4v) is 7.72. The molecule has 0 aliphatic rings. The zero-order chi connectivity index (χ0) is 29.8. The number of methoxy groups -OCH3 is 1. The molecule has 42 heavy (non-hydrogen) atoms. The average Bonchev–Trinajstić information content (AvgIpc) is 3.01. The van der Waals surface area contributed by atoms with Gasteiger partial charge in [-0.15, -0.1) is 0 Å². The van der Waals surface area contributed by atoms with E-state index in [1.165, 1.54) is 34.2 Å². The van der Waals surface area contributed by atoms with E-state index in [2.05, 4.69) is 98.8 Å². The monoisotopic (exact) mass is 580 g/mol. The number of hydrogen-bond donors (Lipinski definition) is 0. The molecule has 0 bridgehead atoms. The van der Waals surface area contributed by atoms with Gasteiger partial charge in [-0.25, -0.2) is 0 Å². The largest absolute Gasteiger partial charge is 0.467 e. The van der Waals surface area contributed by atoms with Crippen LogP contribution in [0, 0.1) is 0 Å². The number of rotatable bonds is 16. The van der Waals surface area contributed by atoms with Crippen molar-refractivity contribution < 1.29 is 14.3 Å². The Balaban J connectivity index is 1.94. The zero-order valence-corrected chi connectivity index (χ0v) is 26.6. The van der Waals surface area contributed by atoms with E-state index in [4.69, 9.17) is 9.47 Å². The third-order valence-corrected chi connectivity index (χ3v) is 10.1. The number of Topliss-reactive ketones (excluding diaryl/α,β-unsaturated/α-hetero) is 1. The fraction of sp³-hybridized carbons (Fsp3) is 0.342. The van der Waals surface area contributed by atoms with Crippen LogP contribution < -0.4 is 10.0 Å². The zero-order valence-electron chi connectivity index (χ0n) is 25.6. The lowest BCUT2D eigenvalue weighted by molar-refractivity contribution is 0.0492. The molecule has 0 amide bonds. The van der Waals surface area contributed by atoms with Crippen molar-refractivity contribution in [2.24, 2.45) is 0 Å². The summed E-state index contributed by atoms with van der Waals surface area (Å²) in [4.78, 5) is 12.7. The summed E-state index contributed by atoms with van der Waals surface area (Å²) < 4.78 is 12.0. The molecule has 0 saturated carbocycles. The summed E-state index contributed by atoms with van der Waals surface area (Å²) in [6.07, 6.45) is 7.07. The van der Waals surface area contributed by atoms with Crippen LogP contribution in [0.5, 0.6) is 5.75 Å². The molecular weight excluding hydrogens is 535 g/mol. The van der Waals surface area contributed by atoms with Gasteiger partial charge >= 0.3 is 0 Å². The van der Waals surface area contributed by atoms with Gasteiger partial charge in [0, 0.05) is 29.8 Å². The van der Waals surface area contributed by atoms with Crippen molar-refractivity contribution >= 4 is 19.7 Å². The topological polar surface area (TPSA) is 35.5 Å². The van der Waals surface area contributed by atoms with Gasteiger partial charge < -0.3 is 9.47 Å². The lowest BCUT2D eigenvalue weighted by Gasteiger charge is -2.37. The van der Waals surface area contributed by atoms with Crippen LogP contribution in [0.15, 0.2) is 97.1 Å². The molecule has 0 radical (unpaired) electrons. The van der Waals surface area contributed by atoms with Crippen molar-refractivity contribution in [3.63, 3.8) is 0 Å². The Morgan fingerprint density at radius 2 is 1.43 bits per heavy atom. The summed E-state index contributed by atoms with van der Waals surface area (Å²) >= 11 is 0. The van der Waals surface area contributed by atoms with E-state index in [1.54, 1.807) is 14.0 Å². The average molecular weight is 581 g/mol. The maximum Gasteiger partial charge on any atom is 0.188 e. The summed E-state index contributed by atoms with van der Waals surface area (Å²) in [5, 5.41) is 0.959. The Morgan fingerprint density at radius 1 is 0.786 bits per heavy atom. The van der Waals surface area contributed by atoms with E-state index < -0.39 is 0 Å². The van der Waals surface area contributed by atoms with Crippen molar-refractivity contribution in [2.75, 3.05) is 13.9 Å². The van der Waals surface area contributed by atoms with Crippen molar-refractivity contribution in [1.29, 1.82) is 0 Å². The van der Waals surface area contributed by atoms with Crippen molar-refractivity contribution in [3.05, 3.63) is 130 Å². The predicted octanol–water partition coefficient (Wildman–Crippen LogP) is 9.24. The molecule has 4 aromatic rings. The first-order valence-corrected chi connectivity index (χ1v) is 16.2. The van der Waals surface area contributed by atoms with Crippen LogP contribution >= 0.6 is 8.58 Å². The lowest BCUT2D eigenvalue weighted by atomic mass is 9.84. The normalized spacial score (nSPS) is 12.9. The van der Waals surface area contributed by atoms with Gasteiger partial charge in [0.2, 0.25) is 0 Å². The van der Waals surface area contributed by atoms with E-state index in [9.17, 15) is 4.79 Å². The molecule has 220 valence electrons. The van der Waals surface area contributed by atoms with Gasteiger partial charge in [0.05, 0.1) is 0 Å². The highest BCUT2D eigenvalue weighted by Crippen LogP contribution is 2.53. The van der Waals surface area contributed by atoms with Gasteiger partial charge in [0.1, 0.15) is 5.75 Å². The molecule has 4 rings (SSSR count). The van der Waals surface area contributed by atoms with Crippen LogP contribution in [0.3, 0.4) is 0 Å². The Kier molecular flexibility index (Phi) is 11.9.